The Balaban J connectivity index is 2.09. The van der Waals surface area contributed by atoms with Crippen molar-refractivity contribution in [2.75, 3.05) is 5.32 Å². The third-order valence-electron chi connectivity index (χ3n) is 3.16. The average molecular weight is 269 g/mol. The maximum absolute atomic E-state index is 13.1. The quantitative estimate of drug-likeness (QED) is 0.743. The van der Waals surface area contributed by atoms with Gasteiger partial charge >= 0.3 is 0 Å². The van der Waals surface area contributed by atoms with Crippen molar-refractivity contribution in [2.45, 2.75) is 6.92 Å². The molecule has 0 aliphatic rings. The predicted molar refractivity (Wildman–Crippen MR) is 75.0 cm³/mol. The standard InChI is InChI=1S/C15H12FN3O/c1-10-6-12(16)3-4-13(10)11-2-5-15-18-14(17-9-20)8-19(15)7-11/h2-9H,1H3,(H,17,20). The number of benzene rings is 1. The molecule has 0 atom stereocenters. The van der Waals surface area contributed by atoms with Crippen LogP contribution in [0.3, 0.4) is 0 Å². The second kappa shape index (κ2) is 4.77. The van der Waals surface area contributed by atoms with E-state index in [9.17, 15) is 9.18 Å². The fourth-order valence-electron chi connectivity index (χ4n) is 2.23. The van der Waals surface area contributed by atoms with E-state index < -0.39 is 0 Å². The van der Waals surface area contributed by atoms with E-state index in [0.29, 0.717) is 12.2 Å². The number of hydrogen-bond donors (Lipinski definition) is 1. The summed E-state index contributed by atoms with van der Waals surface area (Å²) in [6, 6.07) is 8.49. The Labute approximate surface area is 114 Å². The molecule has 1 aromatic carbocycles. The van der Waals surface area contributed by atoms with Gasteiger partial charge in [0.25, 0.3) is 0 Å². The van der Waals surface area contributed by atoms with Gasteiger partial charge in [-0.3, -0.25) is 4.79 Å². The van der Waals surface area contributed by atoms with E-state index in [-0.39, 0.29) is 5.82 Å². The van der Waals surface area contributed by atoms with Gasteiger partial charge in [-0.05, 0) is 47.9 Å². The van der Waals surface area contributed by atoms with Crippen molar-refractivity contribution in [1.82, 2.24) is 9.38 Å². The van der Waals surface area contributed by atoms with Gasteiger partial charge in [-0.25, -0.2) is 9.37 Å². The molecule has 5 heteroatoms. The Kier molecular flexibility index (Phi) is 2.95. The van der Waals surface area contributed by atoms with Crippen LogP contribution >= 0.6 is 0 Å². The lowest BCUT2D eigenvalue weighted by molar-refractivity contribution is -0.105. The van der Waals surface area contributed by atoms with Crippen LogP contribution in [-0.4, -0.2) is 15.8 Å². The summed E-state index contributed by atoms with van der Waals surface area (Å²) in [5, 5.41) is 2.51. The third-order valence-corrected chi connectivity index (χ3v) is 3.16. The summed E-state index contributed by atoms with van der Waals surface area (Å²) in [5.74, 6) is 0.250. The molecule has 3 aromatic rings. The molecular weight excluding hydrogens is 257 g/mol. The van der Waals surface area contributed by atoms with Crippen LogP contribution in [0.5, 0.6) is 0 Å². The number of rotatable bonds is 3. The highest BCUT2D eigenvalue weighted by Crippen LogP contribution is 2.25. The summed E-state index contributed by atoms with van der Waals surface area (Å²) >= 11 is 0. The summed E-state index contributed by atoms with van der Waals surface area (Å²) in [6.07, 6.45) is 4.22. The molecule has 0 fully saturated rings. The molecule has 4 nitrogen and oxygen atoms in total. The molecule has 0 saturated heterocycles. The van der Waals surface area contributed by atoms with Crippen LogP contribution in [0.2, 0.25) is 0 Å². The number of aromatic nitrogens is 2. The number of imidazole rings is 1. The lowest BCUT2D eigenvalue weighted by atomic mass is 10.0. The van der Waals surface area contributed by atoms with E-state index in [4.69, 9.17) is 0 Å². The number of anilines is 1. The molecule has 0 unspecified atom stereocenters. The van der Waals surface area contributed by atoms with E-state index in [2.05, 4.69) is 10.3 Å². The number of carbonyl (C=O) groups excluding carboxylic acids is 1. The van der Waals surface area contributed by atoms with Gasteiger partial charge < -0.3 is 9.72 Å². The molecule has 20 heavy (non-hydrogen) atoms. The smallest absolute Gasteiger partial charge is 0.212 e. The van der Waals surface area contributed by atoms with Gasteiger partial charge in [0.15, 0.2) is 5.82 Å². The van der Waals surface area contributed by atoms with Crippen molar-refractivity contribution >= 4 is 17.9 Å². The molecule has 1 N–H and O–H groups in total. The van der Waals surface area contributed by atoms with Crippen molar-refractivity contribution in [3.8, 4) is 11.1 Å². The fourth-order valence-corrected chi connectivity index (χ4v) is 2.23. The van der Waals surface area contributed by atoms with Crippen LogP contribution in [0, 0.1) is 12.7 Å². The lowest BCUT2D eigenvalue weighted by Crippen LogP contribution is -1.92. The monoisotopic (exact) mass is 269 g/mol. The number of fused-ring (bicyclic) bond motifs is 1. The molecule has 0 saturated carbocycles. The summed E-state index contributed by atoms with van der Waals surface area (Å²) in [5.41, 5.74) is 3.53. The average Bonchev–Trinajstić information content (AvgIpc) is 2.80. The number of carbonyl (C=O) groups is 1. The molecule has 0 aliphatic heterocycles. The zero-order valence-corrected chi connectivity index (χ0v) is 10.8. The molecule has 0 bridgehead atoms. The minimum Gasteiger partial charge on any atom is -0.312 e. The highest BCUT2D eigenvalue weighted by Gasteiger charge is 2.06. The van der Waals surface area contributed by atoms with Gasteiger partial charge in [0, 0.05) is 6.20 Å². The lowest BCUT2D eigenvalue weighted by Gasteiger charge is -2.06. The van der Waals surface area contributed by atoms with Gasteiger partial charge in [-0.2, -0.15) is 0 Å². The SMILES string of the molecule is Cc1cc(F)ccc1-c1ccc2nc(NC=O)cn2c1. The second-order valence-corrected chi connectivity index (χ2v) is 4.53. The molecule has 0 aliphatic carbocycles. The van der Waals surface area contributed by atoms with Crippen molar-refractivity contribution < 1.29 is 9.18 Å². The molecule has 1 amide bonds. The first-order chi connectivity index (χ1) is 9.67. The molecule has 100 valence electrons. The zero-order valence-electron chi connectivity index (χ0n) is 10.8. The fraction of sp³-hybridized carbons (Fsp3) is 0.0667. The number of aryl methyl sites for hydroxylation is 1. The van der Waals surface area contributed by atoms with Crippen LogP contribution in [0.15, 0.2) is 42.7 Å². The third kappa shape index (κ3) is 2.14. The number of amides is 1. The van der Waals surface area contributed by atoms with Crippen molar-refractivity contribution in [1.29, 1.82) is 0 Å². The van der Waals surface area contributed by atoms with E-state index in [1.165, 1.54) is 12.1 Å². The number of nitrogens with one attached hydrogen (secondary N) is 1. The summed E-state index contributed by atoms with van der Waals surface area (Å²) in [7, 11) is 0. The Morgan fingerprint density at radius 2 is 2.10 bits per heavy atom. The molecule has 3 rings (SSSR count). The first kappa shape index (κ1) is 12.3. The molecule has 0 radical (unpaired) electrons. The Morgan fingerprint density at radius 1 is 1.25 bits per heavy atom. The van der Waals surface area contributed by atoms with Crippen molar-refractivity contribution in [3.05, 3.63) is 54.1 Å². The Morgan fingerprint density at radius 3 is 2.85 bits per heavy atom. The Bertz CT molecular complexity index is 795. The van der Waals surface area contributed by atoms with Gasteiger partial charge in [-0.1, -0.05) is 6.07 Å². The number of halogens is 1. The van der Waals surface area contributed by atoms with E-state index in [0.717, 1.165) is 22.3 Å². The molecule has 2 aromatic heterocycles. The van der Waals surface area contributed by atoms with E-state index >= 15 is 0 Å². The van der Waals surface area contributed by atoms with E-state index in [1.54, 1.807) is 12.3 Å². The highest BCUT2D eigenvalue weighted by molar-refractivity contribution is 5.72. The van der Waals surface area contributed by atoms with Crippen LogP contribution in [0.25, 0.3) is 16.8 Å². The van der Waals surface area contributed by atoms with Crippen LogP contribution in [0.4, 0.5) is 10.2 Å². The van der Waals surface area contributed by atoms with Gasteiger partial charge in [0.05, 0.1) is 6.20 Å². The number of hydrogen-bond acceptors (Lipinski definition) is 2. The van der Waals surface area contributed by atoms with E-state index in [1.807, 2.05) is 29.7 Å². The minimum absolute atomic E-state index is 0.243. The largest absolute Gasteiger partial charge is 0.312 e. The molecule has 2 heterocycles. The van der Waals surface area contributed by atoms with Gasteiger partial charge in [-0.15, -0.1) is 0 Å². The summed E-state index contributed by atoms with van der Waals surface area (Å²) in [4.78, 5) is 14.7. The number of nitrogens with zero attached hydrogens (tertiary/aromatic N) is 2. The topological polar surface area (TPSA) is 46.4 Å². The van der Waals surface area contributed by atoms with Gasteiger partial charge in [0.1, 0.15) is 11.5 Å². The van der Waals surface area contributed by atoms with Crippen LogP contribution in [-0.2, 0) is 4.79 Å². The van der Waals surface area contributed by atoms with Gasteiger partial charge in [0.2, 0.25) is 6.41 Å². The van der Waals surface area contributed by atoms with Crippen LogP contribution in [0.1, 0.15) is 5.56 Å². The highest BCUT2D eigenvalue weighted by atomic mass is 19.1. The van der Waals surface area contributed by atoms with Crippen molar-refractivity contribution in [2.24, 2.45) is 0 Å². The summed E-state index contributed by atoms with van der Waals surface area (Å²) in [6.45, 7) is 1.87. The maximum Gasteiger partial charge on any atom is 0.212 e. The number of pyridine rings is 1. The summed E-state index contributed by atoms with van der Waals surface area (Å²) < 4.78 is 15.0. The maximum atomic E-state index is 13.1. The first-order valence-electron chi connectivity index (χ1n) is 6.13. The predicted octanol–water partition coefficient (Wildman–Crippen LogP) is 3.02. The minimum atomic E-state index is -0.243. The molecule has 0 spiro atoms. The van der Waals surface area contributed by atoms with Crippen LogP contribution < -0.4 is 5.32 Å². The Hall–Kier alpha value is -2.69. The first-order valence-corrected chi connectivity index (χ1v) is 6.13. The van der Waals surface area contributed by atoms with Crippen molar-refractivity contribution in [3.63, 3.8) is 0 Å². The molecular formula is C15H12FN3O. The second-order valence-electron chi connectivity index (χ2n) is 4.53. The zero-order chi connectivity index (χ0) is 14.1. The normalized spacial score (nSPS) is 10.7.